The van der Waals surface area contributed by atoms with Crippen LogP contribution in [0.5, 0.6) is 0 Å². The number of nitro groups is 1. The predicted octanol–water partition coefficient (Wildman–Crippen LogP) is 2.43. The Balaban J connectivity index is 2.29. The SMILES string of the molecule is O=C(Nc1cc(Cl)ncn1)c1cc([N+](=O)[O-])ccc1F. The fourth-order valence-corrected chi connectivity index (χ4v) is 1.53. The molecule has 9 heteroatoms. The highest BCUT2D eigenvalue weighted by Crippen LogP contribution is 2.18. The summed E-state index contributed by atoms with van der Waals surface area (Å²) in [5.41, 5.74) is -0.855. The van der Waals surface area contributed by atoms with E-state index in [1.165, 1.54) is 6.07 Å². The van der Waals surface area contributed by atoms with Gasteiger partial charge < -0.3 is 5.32 Å². The highest BCUT2D eigenvalue weighted by Gasteiger charge is 2.17. The Hall–Kier alpha value is -2.61. The number of aromatic nitrogens is 2. The minimum Gasteiger partial charge on any atom is -0.306 e. The number of halogens is 2. The van der Waals surface area contributed by atoms with Gasteiger partial charge in [0.25, 0.3) is 11.6 Å². The fraction of sp³-hybridized carbons (Fsp3) is 0. The average molecular weight is 297 g/mol. The van der Waals surface area contributed by atoms with Crippen molar-refractivity contribution >= 4 is 29.0 Å². The number of carbonyl (C=O) groups is 1. The summed E-state index contributed by atoms with van der Waals surface area (Å²) in [4.78, 5) is 29.0. The second kappa shape index (κ2) is 5.57. The van der Waals surface area contributed by atoms with E-state index >= 15 is 0 Å². The standard InChI is InChI=1S/C11H6ClFN4O3/c12-9-4-10(15-5-14-9)16-11(18)7-3-6(17(19)20)1-2-8(7)13/h1-5H,(H,14,15,16,18). The number of benzene rings is 1. The van der Waals surface area contributed by atoms with E-state index in [1.807, 2.05) is 0 Å². The van der Waals surface area contributed by atoms with E-state index in [1.54, 1.807) is 0 Å². The third-order valence-corrected chi connectivity index (χ3v) is 2.49. The topological polar surface area (TPSA) is 98.0 Å². The molecule has 0 aliphatic heterocycles. The molecular formula is C11H6ClFN4O3. The molecule has 0 radical (unpaired) electrons. The molecule has 1 N–H and O–H groups in total. The van der Waals surface area contributed by atoms with Gasteiger partial charge in [-0.3, -0.25) is 14.9 Å². The fourth-order valence-electron chi connectivity index (χ4n) is 1.39. The minimum atomic E-state index is -0.881. The largest absolute Gasteiger partial charge is 0.306 e. The third kappa shape index (κ3) is 3.04. The van der Waals surface area contributed by atoms with Crippen LogP contribution in [-0.4, -0.2) is 20.8 Å². The molecule has 102 valence electrons. The van der Waals surface area contributed by atoms with Gasteiger partial charge in [0.15, 0.2) is 0 Å². The maximum atomic E-state index is 13.5. The van der Waals surface area contributed by atoms with Crippen molar-refractivity contribution in [2.24, 2.45) is 0 Å². The molecule has 0 fully saturated rings. The molecule has 0 saturated carbocycles. The molecular weight excluding hydrogens is 291 g/mol. The molecule has 7 nitrogen and oxygen atoms in total. The summed E-state index contributed by atoms with van der Waals surface area (Å²) in [6.45, 7) is 0. The Bertz CT molecular complexity index is 695. The molecule has 0 bridgehead atoms. The van der Waals surface area contributed by atoms with E-state index in [9.17, 15) is 19.3 Å². The van der Waals surface area contributed by atoms with Crippen molar-refractivity contribution in [3.8, 4) is 0 Å². The van der Waals surface area contributed by atoms with Crippen molar-refractivity contribution < 1.29 is 14.1 Å². The molecule has 0 atom stereocenters. The van der Waals surface area contributed by atoms with Crippen LogP contribution in [-0.2, 0) is 0 Å². The summed E-state index contributed by atoms with van der Waals surface area (Å²) in [5.74, 6) is -1.70. The number of carbonyl (C=O) groups excluding carboxylic acids is 1. The molecule has 0 unspecified atom stereocenters. The van der Waals surface area contributed by atoms with Crippen LogP contribution in [0.1, 0.15) is 10.4 Å². The summed E-state index contributed by atoms with van der Waals surface area (Å²) in [7, 11) is 0. The van der Waals surface area contributed by atoms with Crippen LogP contribution in [0.3, 0.4) is 0 Å². The zero-order chi connectivity index (χ0) is 14.7. The van der Waals surface area contributed by atoms with Gasteiger partial charge in [-0.25, -0.2) is 14.4 Å². The molecule has 2 rings (SSSR count). The highest BCUT2D eigenvalue weighted by atomic mass is 35.5. The van der Waals surface area contributed by atoms with Crippen molar-refractivity contribution in [2.75, 3.05) is 5.32 Å². The van der Waals surface area contributed by atoms with E-state index in [0.717, 1.165) is 24.5 Å². The van der Waals surface area contributed by atoms with Crippen LogP contribution in [0, 0.1) is 15.9 Å². The van der Waals surface area contributed by atoms with Gasteiger partial charge >= 0.3 is 0 Å². The van der Waals surface area contributed by atoms with Crippen LogP contribution in [0.2, 0.25) is 5.15 Å². The van der Waals surface area contributed by atoms with Gasteiger partial charge in [0.1, 0.15) is 23.1 Å². The second-order valence-corrected chi connectivity index (χ2v) is 3.99. The summed E-state index contributed by atoms with van der Waals surface area (Å²) in [5, 5.41) is 13.0. The van der Waals surface area contributed by atoms with Crippen molar-refractivity contribution in [2.45, 2.75) is 0 Å². The lowest BCUT2D eigenvalue weighted by atomic mass is 10.1. The van der Waals surface area contributed by atoms with Crippen LogP contribution in [0.25, 0.3) is 0 Å². The molecule has 20 heavy (non-hydrogen) atoms. The molecule has 1 amide bonds. The third-order valence-electron chi connectivity index (χ3n) is 2.28. The minimum absolute atomic E-state index is 0.0564. The molecule has 0 spiro atoms. The number of nitrogens with one attached hydrogen (secondary N) is 1. The summed E-state index contributed by atoms with van der Waals surface area (Å²) in [6, 6.07) is 3.91. The van der Waals surface area contributed by atoms with Crippen LogP contribution in [0.4, 0.5) is 15.9 Å². The molecule has 1 aromatic heterocycles. The second-order valence-electron chi connectivity index (χ2n) is 3.60. The number of nitro benzene ring substituents is 1. The van der Waals surface area contributed by atoms with Crippen molar-refractivity contribution in [3.63, 3.8) is 0 Å². The average Bonchev–Trinajstić information content (AvgIpc) is 2.38. The zero-order valence-corrected chi connectivity index (χ0v) is 10.5. The number of amides is 1. The first-order valence-corrected chi connectivity index (χ1v) is 5.58. The number of hydrogen-bond donors (Lipinski definition) is 1. The maximum absolute atomic E-state index is 13.5. The Morgan fingerprint density at radius 2 is 2.10 bits per heavy atom. The Morgan fingerprint density at radius 1 is 1.35 bits per heavy atom. The van der Waals surface area contributed by atoms with E-state index in [-0.39, 0.29) is 11.0 Å². The summed E-state index contributed by atoms with van der Waals surface area (Å²) < 4.78 is 13.5. The smallest absolute Gasteiger partial charge is 0.270 e. The molecule has 0 aliphatic rings. The summed E-state index contributed by atoms with van der Waals surface area (Å²) in [6.07, 6.45) is 1.11. The van der Waals surface area contributed by atoms with Gasteiger partial charge in [0.2, 0.25) is 0 Å². The summed E-state index contributed by atoms with van der Waals surface area (Å²) >= 11 is 5.61. The van der Waals surface area contributed by atoms with Crippen molar-refractivity contribution in [1.29, 1.82) is 0 Å². The number of rotatable bonds is 3. The lowest BCUT2D eigenvalue weighted by Crippen LogP contribution is -2.15. The maximum Gasteiger partial charge on any atom is 0.270 e. The normalized spacial score (nSPS) is 10.1. The predicted molar refractivity (Wildman–Crippen MR) is 68.0 cm³/mol. The number of anilines is 1. The number of nitrogens with zero attached hydrogens (tertiary/aromatic N) is 3. The van der Waals surface area contributed by atoms with Crippen LogP contribution < -0.4 is 5.32 Å². The quantitative estimate of drug-likeness (QED) is 0.533. The van der Waals surface area contributed by atoms with E-state index < -0.39 is 27.9 Å². The number of hydrogen-bond acceptors (Lipinski definition) is 5. The lowest BCUT2D eigenvalue weighted by molar-refractivity contribution is -0.384. The van der Waals surface area contributed by atoms with E-state index in [4.69, 9.17) is 11.6 Å². The Labute approximate surface area is 116 Å². The van der Waals surface area contributed by atoms with E-state index in [2.05, 4.69) is 15.3 Å². The molecule has 1 heterocycles. The first-order valence-electron chi connectivity index (χ1n) is 5.20. The highest BCUT2D eigenvalue weighted by molar-refractivity contribution is 6.29. The van der Waals surface area contributed by atoms with Gasteiger partial charge in [-0.2, -0.15) is 0 Å². The molecule has 2 aromatic rings. The van der Waals surface area contributed by atoms with Crippen LogP contribution >= 0.6 is 11.6 Å². The van der Waals surface area contributed by atoms with Crippen molar-refractivity contribution in [1.82, 2.24) is 9.97 Å². The zero-order valence-electron chi connectivity index (χ0n) is 9.71. The van der Waals surface area contributed by atoms with Gasteiger partial charge in [-0.05, 0) is 6.07 Å². The van der Waals surface area contributed by atoms with Crippen molar-refractivity contribution in [3.05, 3.63) is 57.2 Å². The van der Waals surface area contributed by atoms with E-state index in [0.29, 0.717) is 0 Å². The van der Waals surface area contributed by atoms with Crippen LogP contribution in [0.15, 0.2) is 30.6 Å². The van der Waals surface area contributed by atoms with Gasteiger partial charge in [-0.15, -0.1) is 0 Å². The first kappa shape index (κ1) is 13.8. The molecule has 1 aromatic carbocycles. The molecule has 0 saturated heterocycles. The Kier molecular flexibility index (Phi) is 3.85. The Morgan fingerprint density at radius 3 is 2.75 bits per heavy atom. The lowest BCUT2D eigenvalue weighted by Gasteiger charge is -2.05. The molecule has 0 aliphatic carbocycles. The van der Waals surface area contributed by atoms with Gasteiger partial charge in [0, 0.05) is 18.2 Å². The van der Waals surface area contributed by atoms with Gasteiger partial charge in [-0.1, -0.05) is 11.6 Å². The number of non-ortho nitro benzene ring substituents is 1. The monoisotopic (exact) mass is 296 g/mol. The first-order chi connectivity index (χ1) is 9.47. The van der Waals surface area contributed by atoms with Gasteiger partial charge in [0.05, 0.1) is 10.5 Å².